The predicted molar refractivity (Wildman–Crippen MR) is 69.2 cm³/mol. The summed E-state index contributed by atoms with van der Waals surface area (Å²) in [7, 11) is 0. The highest BCUT2D eigenvalue weighted by molar-refractivity contribution is 14.1. The first-order chi connectivity index (χ1) is 7.58. The van der Waals surface area contributed by atoms with Crippen LogP contribution in [-0.4, -0.2) is 0 Å². The Morgan fingerprint density at radius 1 is 0.875 bits per heavy atom. The van der Waals surface area contributed by atoms with E-state index in [0.717, 1.165) is 9.13 Å². The standard InChI is InChI=1S/C13H9F2I/c1-8-2-4-10(12(14)6-8)11-5-3-9(16)7-13(11)15/h2-7H,1H3. The zero-order valence-corrected chi connectivity index (χ0v) is 10.8. The SMILES string of the molecule is Cc1ccc(-c2ccc(I)cc2F)c(F)c1. The van der Waals surface area contributed by atoms with Gasteiger partial charge in [0.2, 0.25) is 0 Å². The lowest BCUT2D eigenvalue weighted by atomic mass is 10.0. The van der Waals surface area contributed by atoms with Gasteiger partial charge in [-0.1, -0.05) is 18.2 Å². The number of hydrogen-bond donors (Lipinski definition) is 0. The van der Waals surface area contributed by atoms with E-state index in [-0.39, 0.29) is 5.82 Å². The third-order valence-electron chi connectivity index (χ3n) is 2.35. The molecule has 0 aliphatic heterocycles. The number of halogens is 3. The molecule has 16 heavy (non-hydrogen) atoms. The lowest BCUT2D eigenvalue weighted by Gasteiger charge is -2.06. The molecule has 3 heteroatoms. The molecule has 0 atom stereocenters. The van der Waals surface area contributed by atoms with Crippen LogP contribution in [-0.2, 0) is 0 Å². The second-order valence-electron chi connectivity index (χ2n) is 3.61. The Morgan fingerprint density at radius 2 is 1.44 bits per heavy atom. The van der Waals surface area contributed by atoms with Crippen molar-refractivity contribution in [3.63, 3.8) is 0 Å². The van der Waals surface area contributed by atoms with Crippen molar-refractivity contribution in [1.29, 1.82) is 0 Å². The minimum absolute atomic E-state index is 0.304. The Bertz CT molecular complexity index is 486. The predicted octanol–water partition coefficient (Wildman–Crippen LogP) is 4.54. The average Bonchev–Trinajstić information content (AvgIpc) is 2.19. The van der Waals surface area contributed by atoms with E-state index in [1.807, 2.05) is 22.6 Å². The maximum Gasteiger partial charge on any atom is 0.132 e. The lowest BCUT2D eigenvalue weighted by Crippen LogP contribution is -1.90. The van der Waals surface area contributed by atoms with Gasteiger partial charge in [-0.05, 0) is 53.3 Å². The van der Waals surface area contributed by atoms with Crippen molar-refractivity contribution in [2.45, 2.75) is 6.92 Å². The molecule has 0 saturated carbocycles. The van der Waals surface area contributed by atoms with Gasteiger partial charge in [0, 0.05) is 14.7 Å². The van der Waals surface area contributed by atoms with E-state index >= 15 is 0 Å². The summed E-state index contributed by atoms with van der Waals surface area (Å²) in [4.78, 5) is 0. The lowest BCUT2D eigenvalue weighted by molar-refractivity contribution is 0.615. The van der Waals surface area contributed by atoms with Crippen LogP contribution < -0.4 is 0 Å². The van der Waals surface area contributed by atoms with Gasteiger partial charge >= 0.3 is 0 Å². The summed E-state index contributed by atoms with van der Waals surface area (Å²) < 4.78 is 28.1. The molecular formula is C13H9F2I. The molecule has 0 bridgehead atoms. The van der Waals surface area contributed by atoms with E-state index < -0.39 is 5.82 Å². The summed E-state index contributed by atoms with van der Waals surface area (Å²) in [6.07, 6.45) is 0. The zero-order chi connectivity index (χ0) is 11.7. The molecule has 0 radical (unpaired) electrons. The molecule has 0 saturated heterocycles. The summed E-state index contributed by atoms with van der Waals surface area (Å²) in [5, 5.41) is 0. The average molecular weight is 330 g/mol. The highest BCUT2D eigenvalue weighted by Crippen LogP contribution is 2.27. The highest BCUT2D eigenvalue weighted by Gasteiger charge is 2.10. The largest absolute Gasteiger partial charge is 0.206 e. The Hall–Kier alpha value is -0.970. The van der Waals surface area contributed by atoms with Crippen LogP contribution in [0.3, 0.4) is 0 Å². The van der Waals surface area contributed by atoms with Crippen LogP contribution in [0.25, 0.3) is 11.1 Å². The molecule has 2 rings (SSSR count). The second-order valence-corrected chi connectivity index (χ2v) is 4.85. The smallest absolute Gasteiger partial charge is 0.132 e. The van der Waals surface area contributed by atoms with E-state index in [1.165, 1.54) is 12.1 Å². The molecule has 2 aromatic carbocycles. The van der Waals surface area contributed by atoms with Crippen molar-refractivity contribution < 1.29 is 8.78 Å². The van der Waals surface area contributed by atoms with Crippen molar-refractivity contribution in [3.8, 4) is 11.1 Å². The van der Waals surface area contributed by atoms with Gasteiger partial charge in [-0.15, -0.1) is 0 Å². The molecule has 0 aliphatic rings. The quantitative estimate of drug-likeness (QED) is 0.673. The number of aryl methyl sites for hydroxylation is 1. The van der Waals surface area contributed by atoms with Gasteiger partial charge in [0.25, 0.3) is 0 Å². The van der Waals surface area contributed by atoms with Crippen LogP contribution in [0.1, 0.15) is 5.56 Å². The van der Waals surface area contributed by atoms with Crippen LogP contribution in [0.4, 0.5) is 8.78 Å². The topological polar surface area (TPSA) is 0 Å². The summed E-state index contributed by atoms with van der Waals surface area (Å²) in [5.74, 6) is -0.783. The first kappa shape index (κ1) is 11.5. The molecule has 82 valence electrons. The number of rotatable bonds is 1. The van der Waals surface area contributed by atoms with Gasteiger partial charge in [-0.2, -0.15) is 0 Å². The molecule has 0 N–H and O–H groups in total. The number of hydrogen-bond acceptors (Lipinski definition) is 0. The normalized spacial score (nSPS) is 10.5. The molecule has 0 nitrogen and oxygen atoms in total. The summed E-state index contributed by atoms with van der Waals surface area (Å²) in [6, 6.07) is 9.55. The minimum Gasteiger partial charge on any atom is -0.206 e. The summed E-state index contributed by atoms with van der Waals surface area (Å²) in [6.45, 7) is 1.80. The Morgan fingerprint density at radius 3 is 2.00 bits per heavy atom. The Labute approximate surface area is 106 Å². The van der Waals surface area contributed by atoms with Crippen LogP contribution in [0.5, 0.6) is 0 Å². The molecule has 0 spiro atoms. The first-order valence-corrected chi connectivity index (χ1v) is 5.87. The van der Waals surface area contributed by atoms with Gasteiger partial charge in [0.05, 0.1) is 0 Å². The van der Waals surface area contributed by atoms with Crippen molar-refractivity contribution >= 4 is 22.6 Å². The van der Waals surface area contributed by atoms with E-state index in [9.17, 15) is 8.78 Å². The van der Waals surface area contributed by atoms with Crippen molar-refractivity contribution in [3.05, 3.63) is 57.2 Å². The molecule has 0 amide bonds. The molecule has 0 heterocycles. The first-order valence-electron chi connectivity index (χ1n) is 4.79. The third-order valence-corrected chi connectivity index (χ3v) is 3.02. The Kier molecular flexibility index (Phi) is 3.23. The third kappa shape index (κ3) is 2.24. The van der Waals surface area contributed by atoms with Gasteiger partial charge in [-0.25, -0.2) is 8.78 Å². The van der Waals surface area contributed by atoms with E-state index in [4.69, 9.17) is 0 Å². The Balaban J connectivity index is 2.59. The van der Waals surface area contributed by atoms with Gasteiger partial charge in [0.1, 0.15) is 11.6 Å². The molecule has 0 aliphatic carbocycles. The van der Waals surface area contributed by atoms with E-state index in [1.54, 1.807) is 31.2 Å². The fourth-order valence-corrected chi connectivity index (χ4v) is 2.00. The summed E-state index contributed by atoms with van der Waals surface area (Å²) >= 11 is 2.02. The maximum atomic E-state index is 13.6. The van der Waals surface area contributed by atoms with Gasteiger partial charge in [0.15, 0.2) is 0 Å². The molecular weight excluding hydrogens is 321 g/mol. The van der Waals surface area contributed by atoms with Gasteiger partial charge in [-0.3, -0.25) is 0 Å². The van der Waals surface area contributed by atoms with Crippen LogP contribution in [0.15, 0.2) is 36.4 Å². The van der Waals surface area contributed by atoms with Crippen LogP contribution in [0, 0.1) is 22.1 Å². The van der Waals surface area contributed by atoms with Crippen molar-refractivity contribution in [2.24, 2.45) is 0 Å². The fourth-order valence-electron chi connectivity index (χ4n) is 1.55. The monoisotopic (exact) mass is 330 g/mol. The fraction of sp³-hybridized carbons (Fsp3) is 0.0769. The highest BCUT2D eigenvalue weighted by atomic mass is 127. The van der Waals surface area contributed by atoms with Crippen LogP contribution >= 0.6 is 22.6 Å². The van der Waals surface area contributed by atoms with Crippen molar-refractivity contribution in [2.75, 3.05) is 0 Å². The number of benzene rings is 2. The maximum absolute atomic E-state index is 13.6. The molecule has 0 unspecified atom stereocenters. The minimum atomic E-state index is -0.394. The molecule has 0 aromatic heterocycles. The van der Waals surface area contributed by atoms with Crippen molar-refractivity contribution in [1.82, 2.24) is 0 Å². The second kappa shape index (κ2) is 4.49. The summed E-state index contributed by atoms with van der Waals surface area (Å²) in [5.41, 5.74) is 1.43. The zero-order valence-electron chi connectivity index (χ0n) is 8.60. The van der Waals surface area contributed by atoms with E-state index in [2.05, 4.69) is 0 Å². The molecule has 2 aromatic rings. The van der Waals surface area contributed by atoms with Crippen LogP contribution in [0.2, 0.25) is 0 Å². The van der Waals surface area contributed by atoms with Gasteiger partial charge < -0.3 is 0 Å². The van der Waals surface area contributed by atoms with E-state index in [0.29, 0.717) is 11.1 Å². The molecule has 0 fully saturated rings.